The molecule has 0 heterocycles. The van der Waals surface area contributed by atoms with Gasteiger partial charge in [-0.2, -0.15) is 0 Å². The van der Waals surface area contributed by atoms with Crippen molar-refractivity contribution >= 4 is 17.3 Å². The molecule has 20 heavy (non-hydrogen) atoms. The molecule has 104 valence electrons. The lowest BCUT2D eigenvalue weighted by Gasteiger charge is -2.10. The van der Waals surface area contributed by atoms with Crippen molar-refractivity contribution in [2.75, 3.05) is 12.3 Å². The highest BCUT2D eigenvalue weighted by Gasteiger charge is 2.22. The minimum atomic E-state index is -0.327. The fraction of sp³-hybridized carbons (Fsp3) is 0.250. The normalized spacial score (nSPS) is 14.3. The number of ether oxygens (including phenoxy) is 1. The van der Waals surface area contributed by atoms with E-state index in [-0.39, 0.29) is 5.82 Å². The van der Waals surface area contributed by atoms with Crippen molar-refractivity contribution in [3.05, 3.63) is 47.2 Å². The zero-order chi connectivity index (χ0) is 14.1. The van der Waals surface area contributed by atoms with Gasteiger partial charge in [-0.25, -0.2) is 4.39 Å². The van der Waals surface area contributed by atoms with Gasteiger partial charge in [-0.05, 0) is 54.7 Å². The van der Waals surface area contributed by atoms with Gasteiger partial charge in [-0.15, -0.1) is 0 Å². The number of hydrogen-bond acceptors (Lipinski definition) is 2. The number of benzene rings is 2. The van der Waals surface area contributed by atoms with Crippen LogP contribution in [0.15, 0.2) is 36.4 Å². The maximum Gasteiger partial charge on any atom is 0.123 e. The third-order valence-electron chi connectivity index (χ3n) is 3.35. The number of nitrogens with two attached hydrogens (primary N) is 1. The topological polar surface area (TPSA) is 35.2 Å². The van der Waals surface area contributed by atoms with Crippen LogP contribution in [0.4, 0.5) is 10.1 Å². The average Bonchev–Trinajstić information content (AvgIpc) is 3.23. The van der Waals surface area contributed by atoms with Crippen molar-refractivity contribution in [1.82, 2.24) is 0 Å². The summed E-state index contributed by atoms with van der Waals surface area (Å²) in [6.45, 7) is 0.708. The molecule has 0 unspecified atom stereocenters. The highest BCUT2D eigenvalue weighted by atomic mass is 35.5. The highest BCUT2D eigenvalue weighted by molar-refractivity contribution is 6.33. The van der Waals surface area contributed by atoms with E-state index in [0.717, 1.165) is 5.56 Å². The van der Waals surface area contributed by atoms with Gasteiger partial charge in [0, 0.05) is 22.3 Å². The van der Waals surface area contributed by atoms with E-state index in [1.54, 1.807) is 18.2 Å². The van der Waals surface area contributed by atoms with E-state index in [4.69, 9.17) is 22.1 Å². The summed E-state index contributed by atoms with van der Waals surface area (Å²) in [6.07, 6.45) is 2.45. The lowest BCUT2D eigenvalue weighted by Crippen LogP contribution is -2.00. The van der Waals surface area contributed by atoms with Crippen LogP contribution in [0, 0.1) is 11.7 Å². The van der Waals surface area contributed by atoms with E-state index in [1.165, 1.54) is 25.0 Å². The average molecular weight is 292 g/mol. The molecule has 2 nitrogen and oxygen atoms in total. The fourth-order valence-corrected chi connectivity index (χ4v) is 2.30. The van der Waals surface area contributed by atoms with Crippen LogP contribution >= 0.6 is 11.6 Å². The molecule has 2 aromatic carbocycles. The van der Waals surface area contributed by atoms with Crippen LogP contribution in [0.2, 0.25) is 5.02 Å². The Morgan fingerprint density at radius 1 is 1.20 bits per heavy atom. The second-order valence-electron chi connectivity index (χ2n) is 5.17. The summed E-state index contributed by atoms with van der Waals surface area (Å²) in [5.41, 5.74) is 7.85. The second kappa shape index (κ2) is 5.33. The smallest absolute Gasteiger partial charge is 0.123 e. The van der Waals surface area contributed by atoms with Crippen molar-refractivity contribution in [3.63, 3.8) is 0 Å². The second-order valence-corrected chi connectivity index (χ2v) is 5.58. The van der Waals surface area contributed by atoms with Gasteiger partial charge in [0.15, 0.2) is 0 Å². The fourth-order valence-electron chi connectivity index (χ4n) is 2.08. The highest BCUT2D eigenvalue weighted by Crippen LogP contribution is 2.34. The first-order chi connectivity index (χ1) is 9.61. The number of nitrogen functional groups attached to an aromatic ring is 1. The van der Waals surface area contributed by atoms with Crippen LogP contribution in [0.5, 0.6) is 5.75 Å². The number of anilines is 1. The Morgan fingerprint density at radius 3 is 2.75 bits per heavy atom. The van der Waals surface area contributed by atoms with Gasteiger partial charge in [0.2, 0.25) is 0 Å². The maximum atomic E-state index is 13.4. The molecule has 3 rings (SSSR count). The number of hydrogen-bond donors (Lipinski definition) is 1. The molecule has 0 atom stereocenters. The molecule has 2 N–H and O–H groups in total. The Labute approximate surface area is 122 Å². The zero-order valence-electron chi connectivity index (χ0n) is 10.9. The molecule has 1 aliphatic carbocycles. The Bertz CT molecular complexity index is 640. The Kier molecular flexibility index (Phi) is 3.53. The molecule has 0 spiro atoms. The monoisotopic (exact) mass is 291 g/mol. The zero-order valence-corrected chi connectivity index (χ0v) is 11.7. The van der Waals surface area contributed by atoms with Crippen LogP contribution in [0.1, 0.15) is 12.8 Å². The molecule has 2 aromatic rings. The number of halogens is 2. The molecule has 1 fully saturated rings. The van der Waals surface area contributed by atoms with Gasteiger partial charge in [0.05, 0.1) is 6.61 Å². The summed E-state index contributed by atoms with van der Waals surface area (Å²) < 4.78 is 19.1. The minimum absolute atomic E-state index is 0.327. The molecule has 0 saturated heterocycles. The lowest BCUT2D eigenvalue weighted by molar-refractivity contribution is 0.300. The molecule has 1 aliphatic rings. The third kappa shape index (κ3) is 3.05. The van der Waals surface area contributed by atoms with Gasteiger partial charge in [0.1, 0.15) is 11.6 Å². The minimum Gasteiger partial charge on any atom is -0.493 e. The van der Waals surface area contributed by atoms with Crippen LogP contribution in [-0.2, 0) is 0 Å². The molecular weight excluding hydrogens is 277 g/mol. The Morgan fingerprint density at radius 2 is 2.00 bits per heavy atom. The van der Waals surface area contributed by atoms with Crippen molar-refractivity contribution < 1.29 is 9.13 Å². The van der Waals surface area contributed by atoms with E-state index in [2.05, 4.69) is 0 Å². The predicted molar refractivity (Wildman–Crippen MR) is 79.5 cm³/mol. The van der Waals surface area contributed by atoms with Crippen LogP contribution in [0.3, 0.4) is 0 Å². The standard InChI is InChI=1S/C16H15ClFNO/c17-16-4-3-12(18)7-15(16)11-5-13(19)8-14(6-11)20-9-10-1-2-10/h3-8,10H,1-2,9,19H2. The van der Waals surface area contributed by atoms with E-state index < -0.39 is 0 Å². The summed E-state index contributed by atoms with van der Waals surface area (Å²) in [7, 11) is 0. The SMILES string of the molecule is Nc1cc(OCC2CC2)cc(-c2cc(F)ccc2Cl)c1. The van der Waals surface area contributed by atoms with Crippen LogP contribution in [-0.4, -0.2) is 6.61 Å². The van der Waals surface area contributed by atoms with E-state index >= 15 is 0 Å². The largest absolute Gasteiger partial charge is 0.493 e. The van der Waals surface area contributed by atoms with E-state index in [0.29, 0.717) is 34.5 Å². The van der Waals surface area contributed by atoms with Crippen molar-refractivity contribution in [2.24, 2.45) is 5.92 Å². The number of rotatable bonds is 4. The van der Waals surface area contributed by atoms with Gasteiger partial charge >= 0.3 is 0 Å². The third-order valence-corrected chi connectivity index (χ3v) is 3.68. The quantitative estimate of drug-likeness (QED) is 0.841. The van der Waals surface area contributed by atoms with Gasteiger partial charge in [-0.3, -0.25) is 0 Å². The van der Waals surface area contributed by atoms with Crippen LogP contribution < -0.4 is 10.5 Å². The first-order valence-corrected chi connectivity index (χ1v) is 6.98. The molecule has 0 aromatic heterocycles. The van der Waals surface area contributed by atoms with Gasteiger partial charge < -0.3 is 10.5 Å². The Balaban J connectivity index is 1.93. The van der Waals surface area contributed by atoms with Crippen molar-refractivity contribution in [2.45, 2.75) is 12.8 Å². The van der Waals surface area contributed by atoms with Crippen molar-refractivity contribution in [3.8, 4) is 16.9 Å². The summed E-state index contributed by atoms with van der Waals surface area (Å²) >= 11 is 6.12. The summed E-state index contributed by atoms with van der Waals surface area (Å²) in [5.74, 6) is 1.04. The summed E-state index contributed by atoms with van der Waals surface area (Å²) in [6, 6.07) is 9.67. The maximum absolute atomic E-state index is 13.4. The molecule has 1 saturated carbocycles. The van der Waals surface area contributed by atoms with E-state index in [9.17, 15) is 4.39 Å². The molecular formula is C16H15ClFNO. The molecule has 0 amide bonds. The first-order valence-electron chi connectivity index (χ1n) is 6.60. The lowest BCUT2D eigenvalue weighted by atomic mass is 10.0. The van der Waals surface area contributed by atoms with Gasteiger partial charge in [0.25, 0.3) is 0 Å². The molecule has 0 bridgehead atoms. The van der Waals surface area contributed by atoms with Crippen LogP contribution in [0.25, 0.3) is 11.1 Å². The Hall–Kier alpha value is -1.74. The molecule has 4 heteroatoms. The van der Waals surface area contributed by atoms with Gasteiger partial charge in [-0.1, -0.05) is 11.6 Å². The first kappa shape index (κ1) is 13.3. The molecule has 0 radical (unpaired) electrons. The summed E-state index contributed by atoms with van der Waals surface area (Å²) in [5, 5.41) is 0.491. The summed E-state index contributed by atoms with van der Waals surface area (Å²) in [4.78, 5) is 0. The van der Waals surface area contributed by atoms with E-state index in [1.807, 2.05) is 6.07 Å². The molecule has 0 aliphatic heterocycles. The predicted octanol–water partition coefficient (Wildman–Crippen LogP) is 4.52. The van der Waals surface area contributed by atoms with Crippen molar-refractivity contribution in [1.29, 1.82) is 0 Å².